The number of thioether (sulfide) groups is 1. The first-order chi connectivity index (χ1) is 12.2. The maximum absolute atomic E-state index is 12.0. The standard InChI is InChI=1S/C20H23ClN2O2S/c1-20(2,3)14-4-8-16(9-5-14)22-18(24)12-26-13-19(25)23-17-10-6-15(21)7-11-17/h4-11H,12-13H2,1-3H3,(H,22,24)(H,23,25). The van der Waals surface area contributed by atoms with E-state index in [-0.39, 0.29) is 28.7 Å². The average Bonchev–Trinajstić information content (AvgIpc) is 2.56. The van der Waals surface area contributed by atoms with Gasteiger partial charge in [0.15, 0.2) is 0 Å². The van der Waals surface area contributed by atoms with E-state index in [0.717, 1.165) is 5.69 Å². The van der Waals surface area contributed by atoms with Gasteiger partial charge in [-0.25, -0.2) is 0 Å². The second kappa shape index (κ2) is 9.10. The molecule has 0 saturated carbocycles. The summed E-state index contributed by atoms with van der Waals surface area (Å²) in [6.45, 7) is 6.44. The lowest BCUT2D eigenvalue weighted by molar-refractivity contribution is -0.114. The number of nitrogens with one attached hydrogen (secondary N) is 2. The smallest absolute Gasteiger partial charge is 0.234 e. The number of anilines is 2. The fraction of sp³-hybridized carbons (Fsp3) is 0.300. The molecule has 0 saturated heterocycles. The van der Waals surface area contributed by atoms with E-state index in [1.54, 1.807) is 24.3 Å². The third-order valence-corrected chi connectivity index (χ3v) is 4.81. The Bertz CT molecular complexity index is 753. The van der Waals surface area contributed by atoms with Gasteiger partial charge < -0.3 is 10.6 Å². The molecule has 0 heterocycles. The summed E-state index contributed by atoms with van der Waals surface area (Å²) in [5.41, 5.74) is 2.73. The normalized spacial score (nSPS) is 11.1. The molecule has 2 N–H and O–H groups in total. The van der Waals surface area contributed by atoms with Crippen LogP contribution in [0, 0.1) is 0 Å². The van der Waals surface area contributed by atoms with Crippen LogP contribution < -0.4 is 10.6 Å². The lowest BCUT2D eigenvalue weighted by atomic mass is 9.87. The molecule has 0 aliphatic rings. The monoisotopic (exact) mass is 390 g/mol. The highest BCUT2D eigenvalue weighted by Gasteiger charge is 2.13. The van der Waals surface area contributed by atoms with Gasteiger partial charge in [-0.15, -0.1) is 11.8 Å². The van der Waals surface area contributed by atoms with Crippen molar-refractivity contribution in [3.05, 3.63) is 59.1 Å². The predicted molar refractivity (Wildman–Crippen MR) is 111 cm³/mol. The summed E-state index contributed by atoms with van der Waals surface area (Å²) < 4.78 is 0. The average molecular weight is 391 g/mol. The van der Waals surface area contributed by atoms with E-state index in [0.29, 0.717) is 10.7 Å². The van der Waals surface area contributed by atoms with Gasteiger partial charge in [-0.05, 0) is 47.4 Å². The third-order valence-electron chi connectivity index (χ3n) is 3.63. The molecule has 2 aromatic carbocycles. The Kier molecular flexibility index (Phi) is 7.12. The Morgan fingerprint density at radius 1 is 0.846 bits per heavy atom. The van der Waals surface area contributed by atoms with Crippen molar-refractivity contribution >= 4 is 46.6 Å². The highest BCUT2D eigenvalue weighted by Crippen LogP contribution is 2.23. The van der Waals surface area contributed by atoms with Crippen molar-refractivity contribution in [2.75, 3.05) is 22.1 Å². The molecule has 26 heavy (non-hydrogen) atoms. The Hall–Kier alpha value is -1.98. The third kappa shape index (κ3) is 6.73. The summed E-state index contributed by atoms with van der Waals surface area (Å²) >= 11 is 7.07. The Labute approximate surface area is 163 Å². The zero-order valence-electron chi connectivity index (χ0n) is 15.1. The van der Waals surface area contributed by atoms with Gasteiger partial charge in [0.1, 0.15) is 0 Å². The second-order valence-electron chi connectivity index (χ2n) is 6.92. The van der Waals surface area contributed by atoms with Gasteiger partial charge in [-0.1, -0.05) is 44.5 Å². The van der Waals surface area contributed by atoms with Gasteiger partial charge in [0, 0.05) is 16.4 Å². The summed E-state index contributed by atoms with van der Waals surface area (Å²) in [5, 5.41) is 6.22. The minimum absolute atomic E-state index is 0.0792. The van der Waals surface area contributed by atoms with Crippen molar-refractivity contribution in [1.82, 2.24) is 0 Å². The van der Waals surface area contributed by atoms with Crippen LogP contribution in [-0.2, 0) is 15.0 Å². The van der Waals surface area contributed by atoms with Crippen LogP contribution in [0.15, 0.2) is 48.5 Å². The molecule has 2 rings (SSSR count). The van der Waals surface area contributed by atoms with E-state index < -0.39 is 0 Å². The zero-order valence-corrected chi connectivity index (χ0v) is 16.7. The van der Waals surface area contributed by atoms with Gasteiger partial charge in [-0.3, -0.25) is 9.59 Å². The van der Waals surface area contributed by atoms with Gasteiger partial charge >= 0.3 is 0 Å². The van der Waals surface area contributed by atoms with Crippen molar-refractivity contribution < 1.29 is 9.59 Å². The molecule has 0 bridgehead atoms. The Morgan fingerprint density at radius 2 is 1.27 bits per heavy atom. The molecule has 0 aliphatic heterocycles. The van der Waals surface area contributed by atoms with Crippen molar-refractivity contribution in [2.24, 2.45) is 0 Å². The molecule has 2 aromatic rings. The first kappa shape index (κ1) is 20.3. The van der Waals surface area contributed by atoms with Crippen LogP contribution in [0.4, 0.5) is 11.4 Å². The van der Waals surface area contributed by atoms with E-state index in [2.05, 4.69) is 31.4 Å². The fourth-order valence-corrected chi connectivity index (χ4v) is 2.96. The number of carbonyl (C=O) groups is 2. The number of halogens is 1. The lowest BCUT2D eigenvalue weighted by Crippen LogP contribution is -2.18. The van der Waals surface area contributed by atoms with E-state index in [9.17, 15) is 9.59 Å². The van der Waals surface area contributed by atoms with Gasteiger partial charge in [0.25, 0.3) is 0 Å². The molecule has 0 unspecified atom stereocenters. The molecule has 0 atom stereocenters. The predicted octanol–water partition coefficient (Wildman–Crippen LogP) is 4.95. The first-order valence-electron chi connectivity index (χ1n) is 8.27. The van der Waals surface area contributed by atoms with Crippen LogP contribution in [0.25, 0.3) is 0 Å². The minimum atomic E-state index is -0.153. The van der Waals surface area contributed by atoms with Crippen molar-refractivity contribution in [3.8, 4) is 0 Å². The molecule has 0 aromatic heterocycles. The maximum Gasteiger partial charge on any atom is 0.234 e. The zero-order chi connectivity index (χ0) is 19.2. The number of amides is 2. The molecular formula is C20H23ClN2O2S. The minimum Gasteiger partial charge on any atom is -0.325 e. The van der Waals surface area contributed by atoms with Crippen LogP contribution in [0.2, 0.25) is 5.02 Å². The molecule has 0 fully saturated rings. The van der Waals surface area contributed by atoms with E-state index in [4.69, 9.17) is 11.6 Å². The number of hydrogen-bond acceptors (Lipinski definition) is 3. The summed E-state index contributed by atoms with van der Waals surface area (Å²) in [4.78, 5) is 23.9. The van der Waals surface area contributed by atoms with Crippen LogP contribution in [-0.4, -0.2) is 23.3 Å². The number of carbonyl (C=O) groups excluding carboxylic acids is 2. The van der Waals surface area contributed by atoms with Crippen molar-refractivity contribution in [1.29, 1.82) is 0 Å². The Morgan fingerprint density at radius 3 is 1.69 bits per heavy atom. The molecule has 6 heteroatoms. The summed E-state index contributed by atoms with van der Waals surface area (Å²) in [7, 11) is 0. The molecule has 4 nitrogen and oxygen atoms in total. The summed E-state index contributed by atoms with van der Waals surface area (Å²) in [5.74, 6) is 0.145. The second-order valence-corrected chi connectivity index (χ2v) is 8.35. The van der Waals surface area contributed by atoms with Crippen LogP contribution in [0.5, 0.6) is 0 Å². The van der Waals surface area contributed by atoms with Crippen LogP contribution >= 0.6 is 23.4 Å². The topological polar surface area (TPSA) is 58.2 Å². The summed E-state index contributed by atoms with van der Waals surface area (Å²) in [6, 6.07) is 14.7. The molecule has 0 aliphatic carbocycles. The molecule has 138 valence electrons. The highest BCUT2D eigenvalue weighted by atomic mass is 35.5. The summed E-state index contributed by atoms with van der Waals surface area (Å²) in [6.07, 6.45) is 0. The molecular weight excluding hydrogens is 368 g/mol. The van der Waals surface area contributed by atoms with Crippen molar-refractivity contribution in [2.45, 2.75) is 26.2 Å². The molecule has 0 radical (unpaired) electrons. The van der Waals surface area contributed by atoms with Gasteiger partial charge in [-0.2, -0.15) is 0 Å². The quantitative estimate of drug-likeness (QED) is 0.733. The highest BCUT2D eigenvalue weighted by molar-refractivity contribution is 8.00. The van der Waals surface area contributed by atoms with E-state index in [1.165, 1.54) is 17.3 Å². The first-order valence-corrected chi connectivity index (χ1v) is 9.81. The SMILES string of the molecule is CC(C)(C)c1ccc(NC(=O)CSCC(=O)Nc2ccc(Cl)cc2)cc1. The number of rotatable bonds is 6. The Balaban J connectivity index is 1.73. The number of hydrogen-bond donors (Lipinski definition) is 2. The maximum atomic E-state index is 12.0. The van der Waals surface area contributed by atoms with E-state index >= 15 is 0 Å². The number of benzene rings is 2. The van der Waals surface area contributed by atoms with Gasteiger partial charge in [0.05, 0.1) is 11.5 Å². The largest absolute Gasteiger partial charge is 0.325 e. The van der Waals surface area contributed by atoms with Crippen molar-refractivity contribution in [3.63, 3.8) is 0 Å². The lowest BCUT2D eigenvalue weighted by Gasteiger charge is -2.19. The molecule has 0 spiro atoms. The van der Waals surface area contributed by atoms with Crippen LogP contribution in [0.3, 0.4) is 0 Å². The molecule has 2 amide bonds. The fourth-order valence-electron chi connectivity index (χ4n) is 2.22. The van der Waals surface area contributed by atoms with Gasteiger partial charge in [0.2, 0.25) is 11.8 Å². The van der Waals surface area contributed by atoms with Crippen LogP contribution in [0.1, 0.15) is 26.3 Å². The van der Waals surface area contributed by atoms with E-state index in [1.807, 2.05) is 24.3 Å².